The molecule has 2 N–H and O–H groups in total. The molecule has 2 aromatic carbocycles. The van der Waals surface area contributed by atoms with Crippen LogP contribution in [0, 0.1) is 5.92 Å². The molecule has 1 fully saturated rings. The highest BCUT2D eigenvalue weighted by Crippen LogP contribution is 2.27. The number of methoxy groups -OCH3 is 2. The molecule has 31 heavy (non-hydrogen) atoms. The van der Waals surface area contributed by atoms with Gasteiger partial charge >= 0.3 is 0 Å². The van der Waals surface area contributed by atoms with E-state index in [1.54, 1.807) is 21.3 Å². The minimum atomic E-state index is 0.646. The van der Waals surface area contributed by atoms with Crippen molar-refractivity contribution in [3.63, 3.8) is 0 Å². The lowest BCUT2D eigenvalue weighted by molar-refractivity contribution is 0.176. The van der Waals surface area contributed by atoms with E-state index < -0.39 is 0 Å². The molecule has 0 spiro atoms. The summed E-state index contributed by atoms with van der Waals surface area (Å²) in [4.78, 5) is 6.96. The standard InChI is InChI=1S/C25H36N4O2/c1-19-8-7-13-29(17-19)18-22-10-6-5-9-21(22)16-28-25(26-2)27-15-20-11-12-23(30-3)24(14-20)31-4/h5-6,9-12,14,19H,7-8,13,15-18H2,1-4H3,(H2,26,27,28). The van der Waals surface area contributed by atoms with Gasteiger partial charge in [-0.1, -0.05) is 37.3 Å². The first-order valence-electron chi connectivity index (χ1n) is 11.1. The second kappa shape index (κ2) is 11.6. The highest BCUT2D eigenvalue weighted by Gasteiger charge is 2.17. The normalized spacial score (nSPS) is 17.3. The molecule has 1 atom stereocenters. The molecule has 0 aliphatic carbocycles. The van der Waals surface area contributed by atoms with Crippen molar-refractivity contribution in [2.24, 2.45) is 10.9 Å². The molecule has 0 amide bonds. The highest BCUT2D eigenvalue weighted by molar-refractivity contribution is 5.79. The molecule has 0 bridgehead atoms. The number of benzene rings is 2. The van der Waals surface area contributed by atoms with E-state index >= 15 is 0 Å². The van der Waals surface area contributed by atoms with Gasteiger partial charge in [-0.25, -0.2) is 0 Å². The molecule has 0 aromatic heterocycles. The zero-order valence-corrected chi connectivity index (χ0v) is 19.3. The molecular formula is C25H36N4O2. The maximum atomic E-state index is 5.39. The number of guanidine groups is 1. The largest absolute Gasteiger partial charge is 0.493 e. The van der Waals surface area contributed by atoms with Crippen LogP contribution in [0.4, 0.5) is 0 Å². The molecule has 6 nitrogen and oxygen atoms in total. The van der Waals surface area contributed by atoms with Crippen LogP contribution in [0.25, 0.3) is 0 Å². The van der Waals surface area contributed by atoms with E-state index in [1.807, 2.05) is 18.2 Å². The third kappa shape index (κ3) is 6.62. The lowest BCUT2D eigenvalue weighted by Crippen LogP contribution is -2.37. The average Bonchev–Trinajstić information content (AvgIpc) is 2.80. The minimum Gasteiger partial charge on any atom is -0.493 e. The summed E-state index contributed by atoms with van der Waals surface area (Å²) >= 11 is 0. The first kappa shape index (κ1) is 22.9. The van der Waals surface area contributed by atoms with Crippen LogP contribution in [0.3, 0.4) is 0 Å². The molecule has 168 valence electrons. The van der Waals surface area contributed by atoms with Crippen LogP contribution in [0.2, 0.25) is 0 Å². The Bertz CT molecular complexity index is 868. The quantitative estimate of drug-likeness (QED) is 0.499. The topological polar surface area (TPSA) is 58.1 Å². The van der Waals surface area contributed by atoms with Crippen molar-refractivity contribution in [3.8, 4) is 11.5 Å². The Kier molecular flexibility index (Phi) is 8.59. The van der Waals surface area contributed by atoms with Crippen molar-refractivity contribution < 1.29 is 9.47 Å². The predicted molar refractivity (Wildman–Crippen MR) is 127 cm³/mol. The minimum absolute atomic E-state index is 0.646. The summed E-state index contributed by atoms with van der Waals surface area (Å²) in [5.41, 5.74) is 3.80. The second-order valence-corrected chi connectivity index (χ2v) is 8.22. The summed E-state index contributed by atoms with van der Waals surface area (Å²) in [5, 5.41) is 6.84. The van der Waals surface area contributed by atoms with E-state index in [1.165, 1.54) is 37.1 Å². The van der Waals surface area contributed by atoms with Gasteiger partial charge in [0, 0.05) is 33.2 Å². The lowest BCUT2D eigenvalue weighted by atomic mass is 9.99. The zero-order valence-electron chi connectivity index (χ0n) is 19.3. The van der Waals surface area contributed by atoms with Crippen molar-refractivity contribution in [2.75, 3.05) is 34.4 Å². The molecule has 1 aliphatic rings. The van der Waals surface area contributed by atoms with Gasteiger partial charge in [0.2, 0.25) is 0 Å². The maximum Gasteiger partial charge on any atom is 0.191 e. The number of hydrogen-bond donors (Lipinski definition) is 2. The first-order chi connectivity index (χ1) is 15.1. The molecule has 6 heteroatoms. The number of rotatable bonds is 8. The third-order valence-corrected chi connectivity index (χ3v) is 5.83. The number of nitrogens with zero attached hydrogens (tertiary/aromatic N) is 2. The van der Waals surface area contributed by atoms with Crippen LogP contribution in [-0.2, 0) is 19.6 Å². The molecular weight excluding hydrogens is 388 g/mol. The molecule has 1 aliphatic heterocycles. The number of aliphatic imine (C=N–C) groups is 1. The van der Waals surface area contributed by atoms with Gasteiger partial charge in [-0.2, -0.15) is 0 Å². The Hall–Kier alpha value is -2.73. The van der Waals surface area contributed by atoms with Gasteiger partial charge < -0.3 is 20.1 Å². The highest BCUT2D eigenvalue weighted by atomic mass is 16.5. The molecule has 3 rings (SSSR count). The molecule has 0 saturated carbocycles. The van der Waals surface area contributed by atoms with E-state index in [4.69, 9.17) is 9.47 Å². The fraction of sp³-hybridized carbons (Fsp3) is 0.480. The van der Waals surface area contributed by atoms with Crippen molar-refractivity contribution in [1.82, 2.24) is 15.5 Å². The smallest absolute Gasteiger partial charge is 0.191 e. The van der Waals surface area contributed by atoms with Gasteiger partial charge in [-0.15, -0.1) is 0 Å². The molecule has 2 aromatic rings. The van der Waals surface area contributed by atoms with Crippen LogP contribution in [0.15, 0.2) is 47.5 Å². The Morgan fingerprint density at radius 3 is 2.48 bits per heavy atom. The number of ether oxygens (including phenoxy) is 2. The number of hydrogen-bond acceptors (Lipinski definition) is 4. The Morgan fingerprint density at radius 2 is 1.77 bits per heavy atom. The Labute approximate surface area is 186 Å². The van der Waals surface area contributed by atoms with Gasteiger partial charge in [0.25, 0.3) is 0 Å². The zero-order chi connectivity index (χ0) is 22.1. The maximum absolute atomic E-state index is 5.39. The molecule has 0 radical (unpaired) electrons. The summed E-state index contributed by atoms with van der Waals surface area (Å²) < 4.78 is 10.7. The van der Waals surface area contributed by atoms with Gasteiger partial charge in [0.05, 0.1) is 14.2 Å². The van der Waals surface area contributed by atoms with Crippen LogP contribution in [0.5, 0.6) is 11.5 Å². The van der Waals surface area contributed by atoms with Gasteiger partial charge in [0.1, 0.15) is 0 Å². The molecule has 1 unspecified atom stereocenters. The summed E-state index contributed by atoms with van der Waals surface area (Å²) in [6.45, 7) is 7.14. The number of likely N-dealkylation sites (tertiary alicyclic amines) is 1. The Morgan fingerprint density at radius 1 is 1.03 bits per heavy atom. The summed E-state index contributed by atoms with van der Waals surface area (Å²) in [6.07, 6.45) is 2.65. The molecule has 1 heterocycles. The first-order valence-corrected chi connectivity index (χ1v) is 11.1. The van der Waals surface area contributed by atoms with Crippen LogP contribution >= 0.6 is 0 Å². The average molecular weight is 425 g/mol. The van der Waals surface area contributed by atoms with E-state index in [2.05, 4.69) is 51.7 Å². The van der Waals surface area contributed by atoms with E-state index in [9.17, 15) is 0 Å². The van der Waals surface area contributed by atoms with E-state index in [-0.39, 0.29) is 0 Å². The van der Waals surface area contributed by atoms with Crippen LogP contribution in [0.1, 0.15) is 36.5 Å². The Balaban J connectivity index is 1.56. The van der Waals surface area contributed by atoms with Gasteiger partial charge in [0.15, 0.2) is 17.5 Å². The fourth-order valence-electron chi connectivity index (χ4n) is 4.13. The second-order valence-electron chi connectivity index (χ2n) is 8.22. The van der Waals surface area contributed by atoms with Crippen LogP contribution < -0.4 is 20.1 Å². The SMILES string of the molecule is CN=C(NCc1ccc(OC)c(OC)c1)NCc1ccccc1CN1CCCC(C)C1. The van der Waals surface area contributed by atoms with E-state index in [0.717, 1.165) is 42.0 Å². The van der Waals surface area contributed by atoms with Crippen molar-refractivity contribution in [1.29, 1.82) is 0 Å². The van der Waals surface area contributed by atoms with Crippen molar-refractivity contribution in [3.05, 3.63) is 59.2 Å². The van der Waals surface area contributed by atoms with Crippen LogP contribution in [-0.4, -0.2) is 45.2 Å². The van der Waals surface area contributed by atoms with Crippen molar-refractivity contribution in [2.45, 2.75) is 39.4 Å². The number of nitrogens with one attached hydrogen (secondary N) is 2. The van der Waals surface area contributed by atoms with Crippen molar-refractivity contribution >= 4 is 5.96 Å². The fourth-order valence-corrected chi connectivity index (χ4v) is 4.13. The molecule has 1 saturated heterocycles. The summed E-state index contributed by atoms with van der Waals surface area (Å²) in [6, 6.07) is 14.6. The van der Waals surface area contributed by atoms with E-state index in [0.29, 0.717) is 6.54 Å². The summed E-state index contributed by atoms with van der Waals surface area (Å²) in [7, 11) is 5.09. The van der Waals surface area contributed by atoms with Gasteiger partial charge in [-0.3, -0.25) is 9.89 Å². The predicted octanol–water partition coefficient (Wildman–Crippen LogP) is 3.80. The lowest BCUT2D eigenvalue weighted by Gasteiger charge is -2.31. The third-order valence-electron chi connectivity index (χ3n) is 5.83. The number of piperidine rings is 1. The van der Waals surface area contributed by atoms with Gasteiger partial charge in [-0.05, 0) is 54.1 Å². The summed E-state index contributed by atoms with van der Waals surface area (Å²) in [5.74, 6) is 3.02. The monoisotopic (exact) mass is 424 g/mol.